The molecule has 1 aromatic heterocycles. The first-order valence-corrected chi connectivity index (χ1v) is 6.89. The number of nitrogens with zero attached hydrogens (tertiary/aromatic N) is 1. The number of hydrogen-bond acceptors (Lipinski definition) is 3. The highest BCUT2D eigenvalue weighted by Gasteiger charge is 2.23. The van der Waals surface area contributed by atoms with Gasteiger partial charge in [0.1, 0.15) is 0 Å². The van der Waals surface area contributed by atoms with E-state index in [0.29, 0.717) is 23.6 Å². The van der Waals surface area contributed by atoms with Gasteiger partial charge in [0, 0.05) is 37.0 Å². The average Bonchev–Trinajstić information content (AvgIpc) is 3.00. The minimum absolute atomic E-state index is 0.0165. The summed E-state index contributed by atoms with van der Waals surface area (Å²) < 4.78 is 10.5. The second-order valence-electron chi connectivity index (χ2n) is 5.03. The van der Waals surface area contributed by atoms with Crippen LogP contribution in [-0.4, -0.2) is 36.6 Å². The number of amides is 1. The van der Waals surface area contributed by atoms with Crippen LogP contribution in [0.3, 0.4) is 0 Å². The molecule has 1 aliphatic heterocycles. The van der Waals surface area contributed by atoms with Gasteiger partial charge in [0.2, 0.25) is 0 Å². The Morgan fingerprint density at radius 3 is 2.76 bits per heavy atom. The minimum Gasteiger partial charge on any atom is -0.493 e. The Labute approximate surface area is 123 Å². The molecule has 1 aliphatic rings. The van der Waals surface area contributed by atoms with E-state index in [-0.39, 0.29) is 5.91 Å². The van der Waals surface area contributed by atoms with Gasteiger partial charge in [-0.15, -0.1) is 0 Å². The Balaban J connectivity index is 1.83. The smallest absolute Gasteiger partial charge is 0.254 e. The third-order valence-corrected chi connectivity index (χ3v) is 3.84. The molecule has 5 heteroatoms. The Bertz CT molecular complexity index is 663. The van der Waals surface area contributed by atoms with E-state index in [1.54, 1.807) is 32.4 Å². The lowest BCUT2D eigenvalue weighted by Crippen LogP contribution is -2.35. The highest BCUT2D eigenvalue weighted by atomic mass is 16.5. The third kappa shape index (κ3) is 2.46. The molecule has 21 heavy (non-hydrogen) atoms. The fourth-order valence-corrected chi connectivity index (χ4v) is 2.67. The fraction of sp³-hybridized carbons (Fsp3) is 0.312. The molecule has 0 bridgehead atoms. The molecule has 0 aliphatic carbocycles. The van der Waals surface area contributed by atoms with Gasteiger partial charge < -0.3 is 19.4 Å². The van der Waals surface area contributed by atoms with Crippen molar-refractivity contribution in [1.29, 1.82) is 0 Å². The van der Waals surface area contributed by atoms with Crippen LogP contribution in [-0.2, 0) is 13.0 Å². The molecule has 110 valence electrons. The summed E-state index contributed by atoms with van der Waals surface area (Å²) in [6.07, 6.45) is 2.79. The van der Waals surface area contributed by atoms with Crippen LogP contribution in [0.15, 0.2) is 30.5 Å². The molecule has 0 saturated carbocycles. The Morgan fingerprint density at radius 2 is 2.00 bits per heavy atom. The number of aromatic amines is 1. The zero-order valence-corrected chi connectivity index (χ0v) is 12.2. The molecule has 1 aromatic carbocycles. The van der Waals surface area contributed by atoms with Gasteiger partial charge >= 0.3 is 0 Å². The van der Waals surface area contributed by atoms with Crippen molar-refractivity contribution < 1.29 is 14.3 Å². The number of methoxy groups -OCH3 is 2. The molecule has 0 fully saturated rings. The highest BCUT2D eigenvalue weighted by Crippen LogP contribution is 2.28. The second kappa shape index (κ2) is 5.52. The minimum atomic E-state index is 0.0165. The second-order valence-corrected chi connectivity index (χ2v) is 5.03. The number of aromatic nitrogens is 1. The maximum absolute atomic E-state index is 12.6. The van der Waals surface area contributed by atoms with Gasteiger partial charge in [0.05, 0.1) is 14.2 Å². The quantitative estimate of drug-likeness (QED) is 0.941. The zero-order valence-electron chi connectivity index (χ0n) is 12.2. The van der Waals surface area contributed by atoms with E-state index >= 15 is 0 Å². The highest BCUT2D eigenvalue weighted by molar-refractivity contribution is 5.95. The number of carbonyl (C=O) groups excluding carboxylic acids is 1. The van der Waals surface area contributed by atoms with E-state index in [2.05, 4.69) is 4.98 Å². The molecule has 2 aromatic rings. The number of rotatable bonds is 3. The van der Waals surface area contributed by atoms with Gasteiger partial charge in [-0.05, 0) is 29.8 Å². The molecule has 1 amide bonds. The molecule has 0 atom stereocenters. The normalized spacial score (nSPS) is 13.7. The van der Waals surface area contributed by atoms with E-state index in [1.165, 1.54) is 11.3 Å². The van der Waals surface area contributed by atoms with Gasteiger partial charge in [-0.1, -0.05) is 0 Å². The molecule has 0 spiro atoms. The van der Waals surface area contributed by atoms with Gasteiger partial charge in [0.15, 0.2) is 11.5 Å². The van der Waals surface area contributed by atoms with Crippen molar-refractivity contribution in [1.82, 2.24) is 9.88 Å². The van der Waals surface area contributed by atoms with Crippen molar-refractivity contribution in [2.75, 3.05) is 20.8 Å². The van der Waals surface area contributed by atoms with E-state index in [1.807, 2.05) is 17.2 Å². The largest absolute Gasteiger partial charge is 0.493 e. The van der Waals surface area contributed by atoms with Crippen molar-refractivity contribution in [2.24, 2.45) is 0 Å². The monoisotopic (exact) mass is 286 g/mol. The Morgan fingerprint density at radius 1 is 1.19 bits per heavy atom. The van der Waals surface area contributed by atoms with Crippen molar-refractivity contribution in [2.45, 2.75) is 13.0 Å². The van der Waals surface area contributed by atoms with Crippen LogP contribution in [0.25, 0.3) is 0 Å². The molecular weight excluding hydrogens is 268 g/mol. The number of H-pyrrole nitrogens is 1. The lowest BCUT2D eigenvalue weighted by molar-refractivity contribution is 0.0734. The average molecular weight is 286 g/mol. The standard InChI is InChI=1S/C16H18N2O3/c1-20-14-4-3-11(9-15(14)21-2)16(19)18-8-6-13-12(10-18)5-7-17-13/h3-5,7,9,17H,6,8,10H2,1-2H3. The summed E-state index contributed by atoms with van der Waals surface area (Å²) in [5, 5.41) is 0. The summed E-state index contributed by atoms with van der Waals surface area (Å²) in [7, 11) is 3.15. The molecule has 3 rings (SSSR count). The first-order chi connectivity index (χ1) is 10.2. The molecule has 2 heterocycles. The molecule has 0 radical (unpaired) electrons. The number of carbonyl (C=O) groups is 1. The van der Waals surface area contributed by atoms with Crippen LogP contribution in [0.5, 0.6) is 11.5 Å². The van der Waals surface area contributed by atoms with Gasteiger partial charge in [0.25, 0.3) is 5.91 Å². The molecular formula is C16H18N2O3. The number of fused-ring (bicyclic) bond motifs is 1. The lowest BCUT2D eigenvalue weighted by atomic mass is 10.1. The van der Waals surface area contributed by atoms with E-state index in [9.17, 15) is 4.79 Å². The summed E-state index contributed by atoms with van der Waals surface area (Å²) in [5.41, 5.74) is 3.04. The predicted octanol–water partition coefficient (Wildman–Crippen LogP) is 2.23. The summed E-state index contributed by atoms with van der Waals surface area (Å²) in [4.78, 5) is 17.7. The molecule has 0 saturated heterocycles. The molecule has 5 nitrogen and oxygen atoms in total. The predicted molar refractivity (Wildman–Crippen MR) is 78.8 cm³/mol. The van der Waals surface area contributed by atoms with Crippen molar-refractivity contribution in [3.05, 3.63) is 47.3 Å². The maximum Gasteiger partial charge on any atom is 0.254 e. The van der Waals surface area contributed by atoms with E-state index in [0.717, 1.165) is 13.0 Å². The van der Waals surface area contributed by atoms with Crippen LogP contribution in [0.4, 0.5) is 0 Å². The first kappa shape index (κ1) is 13.5. The van der Waals surface area contributed by atoms with E-state index in [4.69, 9.17) is 9.47 Å². The number of hydrogen-bond donors (Lipinski definition) is 1. The number of benzene rings is 1. The number of ether oxygens (including phenoxy) is 2. The van der Waals surface area contributed by atoms with Gasteiger partial charge in [-0.3, -0.25) is 4.79 Å². The SMILES string of the molecule is COc1ccc(C(=O)N2CCc3[nH]ccc3C2)cc1OC. The van der Waals surface area contributed by atoms with Crippen LogP contribution < -0.4 is 9.47 Å². The van der Waals surface area contributed by atoms with Gasteiger partial charge in [-0.2, -0.15) is 0 Å². The van der Waals surface area contributed by atoms with Crippen LogP contribution in [0.2, 0.25) is 0 Å². The van der Waals surface area contributed by atoms with Crippen molar-refractivity contribution >= 4 is 5.91 Å². The van der Waals surface area contributed by atoms with Gasteiger partial charge in [-0.25, -0.2) is 0 Å². The van der Waals surface area contributed by atoms with Crippen LogP contribution in [0, 0.1) is 0 Å². The third-order valence-electron chi connectivity index (χ3n) is 3.84. The van der Waals surface area contributed by atoms with Crippen LogP contribution in [0.1, 0.15) is 21.6 Å². The zero-order chi connectivity index (χ0) is 14.8. The first-order valence-electron chi connectivity index (χ1n) is 6.89. The number of nitrogens with one attached hydrogen (secondary N) is 1. The van der Waals surface area contributed by atoms with E-state index < -0.39 is 0 Å². The lowest BCUT2D eigenvalue weighted by Gasteiger charge is -2.27. The summed E-state index contributed by atoms with van der Waals surface area (Å²) in [6.45, 7) is 1.37. The van der Waals surface area contributed by atoms with Crippen molar-refractivity contribution in [3.8, 4) is 11.5 Å². The summed E-state index contributed by atoms with van der Waals surface area (Å²) in [6, 6.07) is 7.30. The van der Waals surface area contributed by atoms with Crippen LogP contribution >= 0.6 is 0 Å². The maximum atomic E-state index is 12.6. The Hall–Kier alpha value is -2.43. The summed E-state index contributed by atoms with van der Waals surface area (Å²) >= 11 is 0. The topological polar surface area (TPSA) is 54.6 Å². The summed E-state index contributed by atoms with van der Waals surface area (Å²) in [5.74, 6) is 1.21. The molecule has 0 unspecified atom stereocenters. The Kier molecular flexibility index (Phi) is 3.56. The fourth-order valence-electron chi connectivity index (χ4n) is 2.67. The van der Waals surface area contributed by atoms with Crippen molar-refractivity contribution in [3.63, 3.8) is 0 Å². The molecule has 1 N–H and O–H groups in total.